The third-order valence-electron chi connectivity index (χ3n) is 6.59. The summed E-state index contributed by atoms with van der Waals surface area (Å²) in [6, 6.07) is 5.47. The highest BCUT2D eigenvalue weighted by Crippen LogP contribution is 2.44. The number of aliphatic hydroxyl groups excluding tert-OH is 1. The number of aliphatic hydroxyl groups is 2. The van der Waals surface area contributed by atoms with Crippen molar-refractivity contribution in [2.45, 2.75) is 43.9 Å². The van der Waals surface area contributed by atoms with Gasteiger partial charge in [-0.2, -0.15) is 4.98 Å². The maximum absolute atomic E-state index is 13.7. The number of hydrogen-bond acceptors (Lipinski definition) is 8. The number of imidazole rings is 1. The number of β-amino-alcohol motifs (C(OH)–C–C–N with tert-alkyl or cyclic N) is 1. The fourth-order valence-electron chi connectivity index (χ4n) is 4.62. The summed E-state index contributed by atoms with van der Waals surface area (Å²) in [6.45, 7) is 2.49. The van der Waals surface area contributed by atoms with Crippen molar-refractivity contribution in [1.82, 2.24) is 29.0 Å². The standard InChI is InChI=1S/C22H23ClN6O4/c23-14-4-1-5-15-17(14)28(10-9-27-8-2-3-13(30)11-27)20(31)18-16(24-12-29(15)18)19-25-21(33-26-19)22(32)6-7-22/h1,4-5,12-13,30,32H,2-3,6-11H2. The summed E-state index contributed by atoms with van der Waals surface area (Å²) in [7, 11) is 0. The second kappa shape index (κ2) is 7.63. The lowest BCUT2D eigenvalue weighted by atomic mass is 10.1. The van der Waals surface area contributed by atoms with E-state index in [-0.39, 0.29) is 23.4 Å². The number of likely N-dealkylation sites (tertiary alicyclic amines) is 1. The first kappa shape index (κ1) is 20.8. The molecule has 1 saturated heterocycles. The van der Waals surface area contributed by atoms with Crippen LogP contribution in [0.4, 0.5) is 0 Å². The second-order valence-electron chi connectivity index (χ2n) is 8.93. The van der Waals surface area contributed by atoms with Gasteiger partial charge in [0.2, 0.25) is 5.82 Å². The topological polar surface area (TPSA) is 122 Å². The molecule has 0 radical (unpaired) electrons. The minimum Gasteiger partial charge on any atom is -0.392 e. The van der Waals surface area contributed by atoms with Gasteiger partial charge in [-0.05, 0) is 44.4 Å². The Morgan fingerprint density at radius 2 is 2.09 bits per heavy atom. The first-order valence-corrected chi connectivity index (χ1v) is 11.5. The highest BCUT2D eigenvalue weighted by molar-refractivity contribution is 6.35. The van der Waals surface area contributed by atoms with Gasteiger partial charge >= 0.3 is 0 Å². The molecule has 2 fully saturated rings. The molecule has 1 aliphatic heterocycles. The smallest absolute Gasteiger partial charge is 0.277 e. The highest BCUT2D eigenvalue weighted by atomic mass is 35.5. The molecule has 3 aromatic heterocycles. The molecule has 1 atom stereocenters. The van der Waals surface area contributed by atoms with Gasteiger partial charge in [-0.3, -0.25) is 14.1 Å². The molecule has 2 N–H and O–H groups in total. The van der Waals surface area contributed by atoms with E-state index in [1.54, 1.807) is 21.4 Å². The quantitative estimate of drug-likeness (QED) is 0.452. The predicted molar refractivity (Wildman–Crippen MR) is 120 cm³/mol. The van der Waals surface area contributed by atoms with E-state index >= 15 is 0 Å². The third kappa shape index (κ3) is 3.45. The van der Waals surface area contributed by atoms with Crippen LogP contribution in [0.25, 0.3) is 28.1 Å². The number of halogens is 1. The minimum absolute atomic E-state index is 0.145. The van der Waals surface area contributed by atoms with Crippen LogP contribution in [-0.4, -0.2) is 64.9 Å². The summed E-state index contributed by atoms with van der Waals surface area (Å²) in [5.74, 6) is 0.309. The maximum atomic E-state index is 13.7. The monoisotopic (exact) mass is 470 g/mol. The number of piperidine rings is 1. The van der Waals surface area contributed by atoms with E-state index in [0.29, 0.717) is 54.2 Å². The maximum Gasteiger partial charge on any atom is 0.277 e. The molecule has 4 aromatic rings. The van der Waals surface area contributed by atoms with Crippen molar-refractivity contribution in [3.63, 3.8) is 0 Å². The Morgan fingerprint density at radius 1 is 1.24 bits per heavy atom. The van der Waals surface area contributed by atoms with Gasteiger partial charge in [-0.1, -0.05) is 22.8 Å². The Bertz CT molecular complexity index is 1420. The van der Waals surface area contributed by atoms with Gasteiger partial charge in [0, 0.05) is 19.6 Å². The molecule has 2 aliphatic rings. The summed E-state index contributed by atoms with van der Waals surface area (Å²) in [5.41, 5.74) is 0.637. The largest absolute Gasteiger partial charge is 0.392 e. The van der Waals surface area contributed by atoms with E-state index in [0.717, 1.165) is 24.9 Å². The Labute approximate surface area is 193 Å². The summed E-state index contributed by atoms with van der Waals surface area (Å²) in [4.78, 5) is 24.6. The van der Waals surface area contributed by atoms with Crippen molar-refractivity contribution in [3.8, 4) is 11.5 Å². The van der Waals surface area contributed by atoms with Gasteiger partial charge < -0.3 is 19.3 Å². The average molecular weight is 471 g/mol. The van der Waals surface area contributed by atoms with Crippen molar-refractivity contribution in [3.05, 3.63) is 45.8 Å². The average Bonchev–Trinajstić information content (AvgIpc) is 3.20. The van der Waals surface area contributed by atoms with Gasteiger partial charge in [-0.15, -0.1) is 0 Å². The molecule has 6 rings (SSSR count). The molecule has 0 bridgehead atoms. The van der Waals surface area contributed by atoms with Crippen molar-refractivity contribution in [2.24, 2.45) is 0 Å². The molecule has 1 unspecified atom stereocenters. The molecule has 172 valence electrons. The van der Waals surface area contributed by atoms with Crippen molar-refractivity contribution in [1.29, 1.82) is 0 Å². The van der Waals surface area contributed by atoms with Crippen LogP contribution in [0.15, 0.2) is 33.8 Å². The molecule has 1 aliphatic carbocycles. The SMILES string of the molecule is O=c1c2c(-c3noc(C4(O)CC4)n3)ncn2c2cccc(Cl)c2n1CCN1CCCC(O)C1. The Morgan fingerprint density at radius 3 is 2.88 bits per heavy atom. The van der Waals surface area contributed by atoms with Crippen LogP contribution in [0.1, 0.15) is 31.6 Å². The number of rotatable bonds is 5. The zero-order valence-corrected chi connectivity index (χ0v) is 18.6. The first-order valence-electron chi connectivity index (χ1n) is 11.1. The van der Waals surface area contributed by atoms with Crippen LogP contribution in [0.2, 0.25) is 5.02 Å². The lowest BCUT2D eigenvalue weighted by Gasteiger charge is -2.30. The molecule has 11 heteroatoms. The fraction of sp³-hybridized carbons (Fsp3) is 0.455. The minimum atomic E-state index is -1.07. The Hall–Kier alpha value is -2.79. The molecule has 33 heavy (non-hydrogen) atoms. The third-order valence-corrected chi connectivity index (χ3v) is 6.90. The first-order chi connectivity index (χ1) is 15.9. The van der Waals surface area contributed by atoms with Crippen LogP contribution in [0, 0.1) is 0 Å². The van der Waals surface area contributed by atoms with E-state index in [1.807, 2.05) is 12.1 Å². The molecule has 1 saturated carbocycles. The van der Waals surface area contributed by atoms with E-state index in [4.69, 9.17) is 16.1 Å². The van der Waals surface area contributed by atoms with Crippen molar-refractivity contribution >= 4 is 28.2 Å². The molecular weight excluding hydrogens is 448 g/mol. The molecule has 10 nitrogen and oxygen atoms in total. The summed E-state index contributed by atoms with van der Waals surface area (Å²) >= 11 is 6.55. The number of fused-ring (bicyclic) bond motifs is 3. The second-order valence-corrected chi connectivity index (χ2v) is 9.33. The van der Waals surface area contributed by atoms with Crippen molar-refractivity contribution in [2.75, 3.05) is 19.6 Å². The van der Waals surface area contributed by atoms with Crippen LogP contribution >= 0.6 is 11.6 Å². The fourth-order valence-corrected chi connectivity index (χ4v) is 4.90. The highest BCUT2D eigenvalue weighted by Gasteiger charge is 2.48. The summed E-state index contributed by atoms with van der Waals surface area (Å²) < 4.78 is 8.61. The van der Waals surface area contributed by atoms with E-state index < -0.39 is 5.60 Å². The number of aromatic nitrogens is 5. The van der Waals surface area contributed by atoms with Gasteiger partial charge in [-0.25, -0.2) is 4.98 Å². The molecule has 0 spiro atoms. The molecule has 4 heterocycles. The zero-order valence-electron chi connectivity index (χ0n) is 17.8. The number of para-hydroxylation sites is 1. The van der Waals surface area contributed by atoms with Crippen molar-refractivity contribution < 1.29 is 14.7 Å². The van der Waals surface area contributed by atoms with Crippen LogP contribution < -0.4 is 5.56 Å². The van der Waals surface area contributed by atoms with E-state index in [2.05, 4.69) is 20.0 Å². The number of benzene rings is 1. The molecular formula is C22H23ClN6O4. The van der Waals surface area contributed by atoms with Crippen LogP contribution in [0.5, 0.6) is 0 Å². The van der Waals surface area contributed by atoms with Crippen LogP contribution in [0.3, 0.4) is 0 Å². The van der Waals surface area contributed by atoms with Gasteiger partial charge in [0.05, 0.1) is 22.2 Å². The zero-order chi connectivity index (χ0) is 22.7. The molecule has 0 amide bonds. The number of nitrogens with zero attached hydrogens (tertiary/aromatic N) is 6. The van der Waals surface area contributed by atoms with Gasteiger partial charge in [0.25, 0.3) is 11.4 Å². The molecule has 1 aromatic carbocycles. The summed E-state index contributed by atoms with van der Waals surface area (Å²) in [5, 5.41) is 24.7. The van der Waals surface area contributed by atoms with E-state index in [9.17, 15) is 15.0 Å². The Kier molecular flexibility index (Phi) is 4.80. The van der Waals surface area contributed by atoms with Crippen LogP contribution in [-0.2, 0) is 12.1 Å². The van der Waals surface area contributed by atoms with Gasteiger partial charge in [0.15, 0.2) is 0 Å². The van der Waals surface area contributed by atoms with E-state index in [1.165, 1.54) is 0 Å². The number of hydrogen-bond donors (Lipinski definition) is 2. The lowest BCUT2D eigenvalue weighted by molar-refractivity contribution is 0.0690. The lowest BCUT2D eigenvalue weighted by Crippen LogP contribution is -2.41. The summed E-state index contributed by atoms with van der Waals surface area (Å²) in [6.07, 6.45) is 4.08. The Balaban J connectivity index is 1.48. The normalized spacial score (nSPS) is 20.6. The van der Waals surface area contributed by atoms with Gasteiger partial charge in [0.1, 0.15) is 23.1 Å². The predicted octanol–water partition coefficient (Wildman–Crippen LogP) is 1.79.